The number of hydrogen-bond acceptors (Lipinski definition) is 4. The van der Waals surface area contributed by atoms with Gasteiger partial charge in [-0.3, -0.25) is 5.84 Å². The molecule has 0 aliphatic heterocycles. The Morgan fingerprint density at radius 3 is 2.27 bits per heavy atom. The van der Waals surface area contributed by atoms with Gasteiger partial charge >= 0.3 is 0 Å². The fraction of sp³-hybridized carbons (Fsp3) is 0.333. The van der Waals surface area contributed by atoms with Crippen molar-refractivity contribution in [2.45, 2.75) is 18.7 Å². The van der Waals surface area contributed by atoms with Gasteiger partial charge in [0.05, 0.1) is 7.11 Å². The molecule has 0 atom stereocenters. The lowest BCUT2D eigenvalue weighted by Crippen LogP contribution is -2.30. The van der Waals surface area contributed by atoms with Crippen molar-refractivity contribution in [1.29, 1.82) is 0 Å². The molecule has 0 spiro atoms. The van der Waals surface area contributed by atoms with Gasteiger partial charge in [-0.05, 0) is 37.1 Å². The number of sulfonamides is 1. The molecule has 84 valence electrons. The minimum Gasteiger partial charge on any atom is -0.495 e. The second-order valence-electron chi connectivity index (χ2n) is 3.21. The topological polar surface area (TPSA) is 81.4 Å². The molecule has 0 heterocycles. The van der Waals surface area contributed by atoms with Crippen LogP contribution in [0.1, 0.15) is 11.1 Å². The summed E-state index contributed by atoms with van der Waals surface area (Å²) in [7, 11) is -2.26. The first-order valence-electron chi connectivity index (χ1n) is 4.30. The highest BCUT2D eigenvalue weighted by Gasteiger charge is 2.18. The molecule has 1 aromatic rings. The average molecular weight is 230 g/mol. The molecule has 15 heavy (non-hydrogen) atoms. The third-order valence-corrected chi connectivity index (χ3v) is 3.43. The highest BCUT2D eigenvalue weighted by atomic mass is 32.2. The van der Waals surface area contributed by atoms with Crippen LogP contribution in [0.2, 0.25) is 0 Å². The minimum absolute atomic E-state index is 0.0515. The first-order valence-corrected chi connectivity index (χ1v) is 5.78. The number of benzene rings is 1. The van der Waals surface area contributed by atoms with Crippen molar-refractivity contribution in [1.82, 2.24) is 4.83 Å². The molecular weight excluding hydrogens is 216 g/mol. The van der Waals surface area contributed by atoms with Gasteiger partial charge in [-0.2, -0.15) is 0 Å². The van der Waals surface area contributed by atoms with Crippen LogP contribution in [0.5, 0.6) is 5.75 Å². The molecule has 0 bridgehead atoms. The number of hydrazine groups is 1. The molecule has 0 aliphatic rings. The minimum atomic E-state index is -3.68. The zero-order valence-electron chi connectivity index (χ0n) is 8.87. The third kappa shape index (κ3) is 2.28. The Balaban J connectivity index is 3.48. The summed E-state index contributed by atoms with van der Waals surface area (Å²) in [5.74, 6) is 5.24. The monoisotopic (exact) mass is 230 g/mol. The average Bonchev–Trinajstić information content (AvgIpc) is 2.21. The predicted molar refractivity (Wildman–Crippen MR) is 57.0 cm³/mol. The van der Waals surface area contributed by atoms with E-state index in [0.717, 1.165) is 11.1 Å². The summed E-state index contributed by atoms with van der Waals surface area (Å²) in [5.41, 5.74) is 1.83. The van der Waals surface area contributed by atoms with Crippen LogP contribution < -0.4 is 15.4 Å². The van der Waals surface area contributed by atoms with Crippen molar-refractivity contribution in [2.75, 3.05) is 7.11 Å². The van der Waals surface area contributed by atoms with Crippen LogP contribution in [-0.2, 0) is 10.0 Å². The Bertz CT molecular complexity index is 468. The van der Waals surface area contributed by atoms with Gasteiger partial charge in [0.25, 0.3) is 10.0 Å². The summed E-state index contributed by atoms with van der Waals surface area (Å²) >= 11 is 0. The van der Waals surface area contributed by atoms with Gasteiger partial charge in [0.15, 0.2) is 0 Å². The molecule has 5 nitrogen and oxygen atoms in total. The van der Waals surface area contributed by atoms with Gasteiger partial charge in [0, 0.05) is 0 Å². The molecule has 1 rings (SSSR count). The Labute approximate surface area is 89.3 Å². The Kier molecular flexibility index (Phi) is 3.33. The number of methoxy groups -OCH3 is 1. The van der Waals surface area contributed by atoms with Crippen LogP contribution in [0.25, 0.3) is 0 Å². The second kappa shape index (κ2) is 4.18. The molecule has 0 amide bonds. The highest BCUT2D eigenvalue weighted by molar-refractivity contribution is 7.89. The van der Waals surface area contributed by atoms with Gasteiger partial charge in [-0.1, -0.05) is 0 Å². The van der Waals surface area contributed by atoms with Crippen molar-refractivity contribution in [3.05, 3.63) is 23.3 Å². The summed E-state index contributed by atoms with van der Waals surface area (Å²) < 4.78 is 28.1. The van der Waals surface area contributed by atoms with E-state index in [0.29, 0.717) is 0 Å². The number of hydrogen-bond donors (Lipinski definition) is 2. The second-order valence-corrected chi connectivity index (χ2v) is 4.89. The van der Waals surface area contributed by atoms with E-state index in [-0.39, 0.29) is 10.6 Å². The summed E-state index contributed by atoms with van der Waals surface area (Å²) in [6.45, 7) is 3.70. The molecule has 0 aromatic heterocycles. The molecule has 0 unspecified atom stereocenters. The van der Waals surface area contributed by atoms with Crippen molar-refractivity contribution in [2.24, 2.45) is 5.84 Å². The quantitative estimate of drug-likeness (QED) is 0.584. The zero-order valence-corrected chi connectivity index (χ0v) is 9.68. The molecular formula is C9H14N2O3S. The number of aryl methyl sites for hydroxylation is 2. The van der Waals surface area contributed by atoms with E-state index in [2.05, 4.69) is 0 Å². The highest BCUT2D eigenvalue weighted by Crippen LogP contribution is 2.26. The molecule has 3 N–H and O–H groups in total. The maximum atomic E-state index is 11.5. The fourth-order valence-electron chi connectivity index (χ4n) is 1.20. The predicted octanol–water partition coefficient (Wildman–Crippen LogP) is 0.464. The SMILES string of the molecule is COc1cc(C)c(C)cc1S(=O)(=O)NN. The lowest BCUT2D eigenvalue weighted by atomic mass is 10.1. The van der Waals surface area contributed by atoms with Crippen molar-refractivity contribution in [3.63, 3.8) is 0 Å². The van der Waals surface area contributed by atoms with E-state index in [1.165, 1.54) is 13.2 Å². The number of rotatable bonds is 3. The van der Waals surface area contributed by atoms with Crippen molar-refractivity contribution >= 4 is 10.0 Å². The van der Waals surface area contributed by atoms with Crippen LogP contribution >= 0.6 is 0 Å². The van der Waals surface area contributed by atoms with E-state index in [1.807, 2.05) is 13.8 Å². The zero-order chi connectivity index (χ0) is 11.6. The first kappa shape index (κ1) is 12.0. The molecule has 6 heteroatoms. The lowest BCUT2D eigenvalue weighted by Gasteiger charge is -2.11. The molecule has 0 radical (unpaired) electrons. The van der Waals surface area contributed by atoms with Gasteiger partial charge in [0.1, 0.15) is 10.6 Å². The maximum Gasteiger partial charge on any atom is 0.256 e. The van der Waals surface area contributed by atoms with Crippen molar-refractivity contribution < 1.29 is 13.2 Å². The van der Waals surface area contributed by atoms with Gasteiger partial charge in [0.2, 0.25) is 0 Å². The van der Waals surface area contributed by atoms with E-state index >= 15 is 0 Å². The molecule has 0 fully saturated rings. The van der Waals surface area contributed by atoms with Gasteiger partial charge in [-0.25, -0.2) is 8.42 Å². The Hall–Kier alpha value is -1.11. The summed E-state index contributed by atoms with van der Waals surface area (Å²) in [6, 6.07) is 3.20. The summed E-state index contributed by atoms with van der Waals surface area (Å²) in [4.78, 5) is 1.82. The number of nitrogens with one attached hydrogen (secondary N) is 1. The standard InChI is InChI=1S/C9H14N2O3S/c1-6-4-8(14-3)9(5-7(6)2)15(12,13)11-10/h4-5,11H,10H2,1-3H3. The lowest BCUT2D eigenvalue weighted by molar-refractivity contribution is 0.402. The van der Waals surface area contributed by atoms with Crippen LogP contribution in [0.4, 0.5) is 0 Å². The van der Waals surface area contributed by atoms with Crippen LogP contribution in [0.3, 0.4) is 0 Å². The molecule has 0 aliphatic carbocycles. The smallest absolute Gasteiger partial charge is 0.256 e. The normalized spacial score (nSPS) is 11.5. The summed E-state index contributed by atoms with van der Waals surface area (Å²) in [5, 5.41) is 0. The maximum absolute atomic E-state index is 11.5. The third-order valence-electron chi connectivity index (χ3n) is 2.22. The van der Waals surface area contributed by atoms with Crippen LogP contribution in [0, 0.1) is 13.8 Å². The number of nitrogens with two attached hydrogens (primary N) is 1. The van der Waals surface area contributed by atoms with Crippen LogP contribution in [0.15, 0.2) is 17.0 Å². The van der Waals surface area contributed by atoms with Gasteiger partial charge < -0.3 is 4.74 Å². The van der Waals surface area contributed by atoms with E-state index in [9.17, 15) is 8.42 Å². The molecule has 0 saturated carbocycles. The Morgan fingerprint density at radius 1 is 1.27 bits per heavy atom. The van der Waals surface area contributed by atoms with E-state index < -0.39 is 10.0 Å². The fourth-order valence-corrected chi connectivity index (χ4v) is 2.06. The largest absolute Gasteiger partial charge is 0.495 e. The number of ether oxygens (including phenoxy) is 1. The first-order chi connectivity index (χ1) is 6.92. The van der Waals surface area contributed by atoms with E-state index in [4.69, 9.17) is 10.6 Å². The molecule has 1 aromatic carbocycles. The van der Waals surface area contributed by atoms with Crippen molar-refractivity contribution in [3.8, 4) is 5.75 Å². The summed E-state index contributed by atoms with van der Waals surface area (Å²) in [6.07, 6.45) is 0. The Morgan fingerprint density at radius 2 is 1.80 bits per heavy atom. The van der Waals surface area contributed by atoms with Gasteiger partial charge in [-0.15, -0.1) is 4.83 Å². The van der Waals surface area contributed by atoms with Crippen LogP contribution in [-0.4, -0.2) is 15.5 Å². The molecule has 0 saturated heterocycles. The van der Waals surface area contributed by atoms with E-state index in [1.54, 1.807) is 10.9 Å².